The van der Waals surface area contributed by atoms with E-state index < -0.39 is 0 Å². The van der Waals surface area contributed by atoms with Gasteiger partial charge in [0, 0.05) is 0 Å². The molecule has 0 amide bonds. The van der Waals surface area contributed by atoms with Crippen LogP contribution in [0.5, 0.6) is 0 Å². The Balaban J connectivity index is 2.68. The zero-order valence-electron chi connectivity index (χ0n) is 7.28. The van der Waals surface area contributed by atoms with Crippen LogP contribution in [0.4, 0.5) is 5.82 Å². The molecule has 0 aliphatic heterocycles. The average molecular weight is 174 g/mol. The molecule has 0 aliphatic carbocycles. The largest absolute Gasteiger partial charge is 0.307 e. The standard InChI is InChI=1S/C9H10N4/c1-6-2-3-7-8(4-6)12-9(13-10)5-11-7/h2-5H,10H2,1H3,(H,12,13). The monoisotopic (exact) mass is 174 g/mol. The predicted octanol–water partition coefficient (Wildman–Crippen LogP) is 1.22. The van der Waals surface area contributed by atoms with Crippen molar-refractivity contribution in [2.45, 2.75) is 6.92 Å². The maximum absolute atomic E-state index is 5.23. The summed E-state index contributed by atoms with van der Waals surface area (Å²) in [5.74, 6) is 5.81. The molecule has 0 saturated carbocycles. The van der Waals surface area contributed by atoms with E-state index in [0.717, 1.165) is 16.6 Å². The summed E-state index contributed by atoms with van der Waals surface area (Å²) in [6.45, 7) is 2.02. The fourth-order valence-corrected chi connectivity index (χ4v) is 1.19. The van der Waals surface area contributed by atoms with Gasteiger partial charge >= 0.3 is 0 Å². The first-order valence-corrected chi connectivity index (χ1v) is 3.99. The molecule has 0 unspecified atom stereocenters. The van der Waals surface area contributed by atoms with Crippen molar-refractivity contribution in [2.75, 3.05) is 5.43 Å². The van der Waals surface area contributed by atoms with Crippen LogP contribution in [-0.2, 0) is 0 Å². The molecular formula is C9H10N4. The summed E-state index contributed by atoms with van der Waals surface area (Å²) in [4.78, 5) is 8.44. The van der Waals surface area contributed by atoms with Crippen LogP contribution >= 0.6 is 0 Å². The lowest BCUT2D eigenvalue weighted by Gasteiger charge is -2.01. The van der Waals surface area contributed by atoms with Crippen LogP contribution in [0, 0.1) is 6.92 Å². The summed E-state index contributed by atoms with van der Waals surface area (Å²) in [5, 5.41) is 0. The maximum Gasteiger partial charge on any atom is 0.159 e. The first-order chi connectivity index (χ1) is 6.29. The van der Waals surface area contributed by atoms with Gasteiger partial charge < -0.3 is 5.43 Å². The Morgan fingerprint density at radius 3 is 2.92 bits per heavy atom. The smallest absolute Gasteiger partial charge is 0.159 e. The average Bonchev–Trinajstić information content (AvgIpc) is 2.16. The normalized spacial score (nSPS) is 10.3. The van der Waals surface area contributed by atoms with Gasteiger partial charge in [-0.25, -0.2) is 10.8 Å². The first kappa shape index (κ1) is 7.94. The minimum Gasteiger partial charge on any atom is -0.307 e. The summed E-state index contributed by atoms with van der Waals surface area (Å²) < 4.78 is 0. The van der Waals surface area contributed by atoms with Gasteiger partial charge in [-0.15, -0.1) is 0 Å². The van der Waals surface area contributed by atoms with Gasteiger partial charge in [0.25, 0.3) is 0 Å². The Hall–Kier alpha value is -1.68. The molecule has 2 aromatic rings. The van der Waals surface area contributed by atoms with Crippen molar-refractivity contribution in [2.24, 2.45) is 5.84 Å². The highest BCUT2D eigenvalue weighted by atomic mass is 15.3. The molecule has 1 aromatic carbocycles. The van der Waals surface area contributed by atoms with Crippen molar-refractivity contribution in [3.05, 3.63) is 30.0 Å². The number of hydrazine groups is 1. The first-order valence-electron chi connectivity index (χ1n) is 3.99. The van der Waals surface area contributed by atoms with Crippen LogP contribution in [0.3, 0.4) is 0 Å². The number of fused-ring (bicyclic) bond motifs is 1. The summed E-state index contributed by atoms with van der Waals surface area (Å²) in [6, 6.07) is 5.92. The molecule has 1 aromatic heterocycles. The minimum absolute atomic E-state index is 0.582. The number of nitrogen functional groups attached to an aromatic ring is 1. The van der Waals surface area contributed by atoms with E-state index in [-0.39, 0.29) is 0 Å². The Kier molecular flexibility index (Phi) is 1.83. The van der Waals surface area contributed by atoms with Gasteiger partial charge in [0.05, 0.1) is 17.2 Å². The number of anilines is 1. The third kappa shape index (κ3) is 1.43. The number of aryl methyl sites for hydroxylation is 1. The maximum atomic E-state index is 5.23. The molecule has 13 heavy (non-hydrogen) atoms. The van der Waals surface area contributed by atoms with Crippen molar-refractivity contribution in [1.29, 1.82) is 0 Å². The van der Waals surface area contributed by atoms with Crippen LogP contribution < -0.4 is 11.3 Å². The number of nitrogens with one attached hydrogen (secondary N) is 1. The minimum atomic E-state index is 0.582. The lowest BCUT2D eigenvalue weighted by Crippen LogP contribution is -2.08. The van der Waals surface area contributed by atoms with Crippen molar-refractivity contribution in [1.82, 2.24) is 9.97 Å². The molecule has 0 spiro atoms. The second-order valence-electron chi connectivity index (χ2n) is 2.89. The highest BCUT2D eigenvalue weighted by Crippen LogP contribution is 2.12. The van der Waals surface area contributed by atoms with Gasteiger partial charge in [0.1, 0.15) is 0 Å². The van der Waals surface area contributed by atoms with E-state index in [4.69, 9.17) is 5.84 Å². The van der Waals surface area contributed by atoms with Crippen LogP contribution in [0.15, 0.2) is 24.4 Å². The molecule has 0 atom stereocenters. The van der Waals surface area contributed by atoms with Gasteiger partial charge in [0.15, 0.2) is 5.82 Å². The SMILES string of the molecule is Cc1ccc2ncc(NN)nc2c1. The fourth-order valence-electron chi connectivity index (χ4n) is 1.19. The lowest BCUT2D eigenvalue weighted by molar-refractivity contribution is 1.21. The fraction of sp³-hybridized carbons (Fsp3) is 0.111. The molecular weight excluding hydrogens is 164 g/mol. The molecule has 0 saturated heterocycles. The topological polar surface area (TPSA) is 63.8 Å². The van der Waals surface area contributed by atoms with Gasteiger partial charge in [-0.3, -0.25) is 4.98 Å². The second-order valence-corrected chi connectivity index (χ2v) is 2.89. The molecule has 1 heterocycles. The van der Waals surface area contributed by atoms with E-state index in [9.17, 15) is 0 Å². The Morgan fingerprint density at radius 1 is 1.31 bits per heavy atom. The van der Waals surface area contributed by atoms with E-state index in [2.05, 4.69) is 15.4 Å². The number of hydrogen-bond donors (Lipinski definition) is 2. The highest BCUT2D eigenvalue weighted by molar-refractivity contribution is 5.76. The molecule has 4 nitrogen and oxygen atoms in total. The summed E-state index contributed by atoms with van der Waals surface area (Å²) in [7, 11) is 0. The van der Waals surface area contributed by atoms with Crippen LogP contribution in [0.1, 0.15) is 5.56 Å². The molecule has 0 radical (unpaired) electrons. The van der Waals surface area contributed by atoms with E-state index in [1.807, 2.05) is 25.1 Å². The van der Waals surface area contributed by atoms with E-state index >= 15 is 0 Å². The number of nitrogens with zero attached hydrogens (tertiary/aromatic N) is 2. The number of benzene rings is 1. The van der Waals surface area contributed by atoms with Crippen LogP contribution in [-0.4, -0.2) is 9.97 Å². The van der Waals surface area contributed by atoms with E-state index in [1.54, 1.807) is 6.20 Å². The lowest BCUT2D eigenvalue weighted by atomic mass is 10.2. The Bertz CT molecular complexity index is 439. The van der Waals surface area contributed by atoms with Crippen molar-refractivity contribution in [3.63, 3.8) is 0 Å². The van der Waals surface area contributed by atoms with Crippen LogP contribution in [0.25, 0.3) is 11.0 Å². The molecule has 0 bridgehead atoms. The third-order valence-electron chi connectivity index (χ3n) is 1.85. The quantitative estimate of drug-likeness (QED) is 0.504. The van der Waals surface area contributed by atoms with Gasteiger partial charge in [-0.05, 0) is 24.6 Å². The Morgan fingerprint density at radius 2 is 2.15 bits per heavy atom. The predicted molar refractivity (Wildman–Crippen MR) is 52.1 cm³/mol. The number of rotatable bonds is 1. The second kappa shape index (κ2) is 2.99. The van der Waals surface area contributed by atoms with Gasteiger partial charge in [0.2, 0.25) is 0 Å². The highest BCUT2D eigenvalue weighted by Gasteiger charge is 1.97. The molecule has 2 rings (SSSR count). The molecule has 3 N–H and O–H groups in total. The molecule has 4 heteroatoms. The summed E-state index contributed by atoms with van der Waals surface area (Å²) in [5.41, 5.74) is 5.36. The third-order valence-corrected chi connectivity index (χ3v) is 1.85. The van der Waals surface area contributed by atoms with Crippen molar-refractivity contribution < 1.29 is 0 Å². The zero-order valence-corrected chi connectivity index (χ0v) is 7.28. The summed E-state index contributed by atoms with van der Waals surface area (Å²) >= 11 is 0. The van der Waals surface area contributed by atoms with Crippen LogP contribution in [0.2, 0.25) is 0 Å². The zero-order chi connectivity index (χ0) is 9.26. The van der Waals surface area contributed by atoms with Gasteiger partial charge in [-0.1, -0.05) is 6.07 Å². The molecule has 0 aliphatic rings. The van der Waals surface area contributed by atoms with E-state index in [0.29, 0.717) is 5.82 Å². The summed E-state index contributed by atoms with van der Waals surface area (Å²) in [6.07, 6.45) is 1.61. The van der Waals surface area contributed by atoms with E-state index in [1.165, 1.54) is 0 Å². The van der Waals surface area contributed by atoms with Gasteiger partial charge in [-0.2, -0.15) is 0 Å². The number of hydrogen-bond acceptors (Lipinski definition) is 4. The van der Waals surface area contributed by atoms with Crippen molar-refractivity contribution >= 4 is 16.9 Å². The Labute approximate surface area is 75.8 Å². The number of nitrogens with two attached hydrogens (primary N) is 1. The number of aromatic nitrogens is 2. The van der Waals surface area contributed by atoms with Crippen molar-refractivity contribution in [3.8, 4) is 0 Å². The molecule has 66 valence electrons. The molecule has 0 fully saturated rings.